The molecule has 1 amide bonds. The molecular weight excluding hydrogens is 596 g/mol. The number of allylic oxidation sites excluding steroid dienone is 4. The van der Waals surface area contributed by atoms with Gasteiger partial charge in [-0.2, -0.15) is 0 Å². The third kappa shape index (κ3) is 6.68. The molecule has 0 spiro atoms. The summed E-state index contributed by atoms with van der Waals surface area (Å²) in [5, 5.41) is 3.22. The van der Waals surface area contributed by atoms with Crippen molar-refractivity contribution in [2.45, 2.75) is 65.7 Å². The molecule has 0 radical (unpaired) electrons. The second kappa shape index (κ2) is 12.6. The van der Waals surface area contributed by atoms with E-state index in [2.05, 4.69) is 62.2 Å². The van der Waals surface area contributed by atoms with Gasteiger partial charge in [0.25, 0.3) is 5.91 Å². The summed E-state index contributed by atoms with van der Waals surface area (Å²) < 4.78 is 5.80. The van der Waals surface area contributed by atoms with Crippen molar-refractivity contribution < 1.29 is 19.1 Å². The topological polar surface area (TPSA) is 75.7 Å². The van der Waals surface area contributed by atoms with E-state index < -0.39 is 5.92 Å². The van der Waals surface area contributed by atoms with Gasteiger partial charge in [0, 0.05) is 47.8 Å². The summed E-state index contributed by atoms with van der Waals surface area (Å²) in [6, 6.07) is 24.9. The first-order valence-electron chi connectivity index (χ1n) is 16.0. The molecule has 46 heavy (non-hydrogen) atoms. The number of anilines is 1. The average molecular weight is 637 g/mol. The van der Waals surface area contributed by atoms with Gasteiger partial charge in [-0.3, -0.25) is 14.4 Å². The summed E-state index contributed by atoms with van der Waals surface area (Å²) in [6.07, 6.45) is 3.25. The van der Waals surface area contributed by atoms with E-state index in [4.69, 9.17) is 16.3 Å². The third-order valence-corrected chi connectivity index (χ3v) is 9.55. The standard InChI is InChI=1S/C39H41ClN2O4/c1-38(2)20-30-36(32(43)22-38)35(26-14-16-27(17-15-26)46-24-34(45)41-29-13-9-8-12-28(29)40)37-31(21-39(3,4)23-33(37)44)42(30)19-18-25-10-6-5-7-11-25/h5-17,35H,18-24H2,1-4H3,(H,41,45). The van der Waals surface area contributed by atoms with Gasteiger partial charge in [0.1, 0.15) is 5.75 Å². The van der Waals surface area contributed by atoms with Crippen LogP contribution in [0.3, 0.4) is 0 Å². The van der Waals surface area contributed by atoms with Crippen molar-refractivity contribution in [1.82, 2.24) is 4.90 Å². The van der Waals surface area contributed by atoms with Crippen LogP contribution in [0.4, 0.5) is 5.69 Å². The summed E-state index contributed by atoms with van der Waals surface area (Å²) in [7, 11) is 0. The molecule has 1 aliphatic heterocycles. The van der Waals surface area contributed by atoms with E-state index in [-0.39, 0.29) is 34.9 Å². The number of halogens is 1. The van der Waals surface area contributed by atoms with Gasteiger partial charge in [-0.15, -0.1) is 0 Å². The van der Waals surface area contributed by atoms with Crippen LogP contribution in [-0.4, -0.2) is 35.5 Å². The SMILES string of the molecule is CC1(C)CC(=O)C2=C(C1)N(CCc1ccccc1)C1=C(C(=O)CC(C)(C)C1)C2c1ccc(OCC(=O)Nc2ccccc2Cl)cc1. The van der Waals surface area contributed by atoms with Crippen LogP contribution in [0.1, 0.15) is 70.4 Å². The number of amides is 1. The fourth-order valence-electron chi connectivity index (χ4n) is 7.19. The highest BCUT2D eigenvalue weighted by molar-refractivity contribution is 6.33. The van der Waals surface area contributed by atoms with Gasteiger partial charge >= 0.3 is 0 Å². The van der Waals surface area contributed by atoms with E-state index in [9.17, 15) is 14.4 Å². The highest BCUT2D eigenvalue weighted by Gasteiger charge is 2.48. The molecule has 0 unspecified atom stereocenters. The lowest BCUT2D eigenvalue weighted by molar-refractivity contribution is -0.120. The Morgan fingerprint density at radius 2 is 1.37 bits per heavy atom. The maximum Gasteiger partial charge on any atom is 0.262 e. The van der Waals surface area contributed by atoms with E-state index >= 15 is 0 Å². The Morgan fingerprint density at radius 3 is 1.96 bits per heavy atom. The van der Waals surface area contributed by atoms with Crippen molar-refractivity contribution in [3.05, 3.63) is 118 Å². The highest BCUT2D eigenvalue weighted by Crippen LogP contribution is 2.54. The molecule has 0 atom stereocenters. The molecule has 0 saturated carbocycles. The first-order valence-corrected chi connectivity index (χ1v) is 16.4. The van der Waals surface area contributed by atoms with Crippen molar-refractivity contribution in [2.75, 3.05) is 18.5 Å². The Hall–Kier alpha value is -4.16. The summed E-state index contributed by atoms with van der Waals surface area (Å²) in [6.45, 7) is 9.17. The first kappa shape index (κ1) is 31.8. The fraction of sp³-hybridized carbons (Fsp3) is 0.359. The van der Waals surface area contributed by atoms with E-state index in [0.717, 1.165) is 47.4 Å². The summed E-state index contributed by atoms with van der Waals surface area (Å²) in [5.74, 6) is -0.00405. The smallest absolute Gasteiger partial charge is 0.262 e. The Bertz CT molecular complexity index is 1680. The van der Waals surface area contributed by atoms with Crippen molar-refractivity contribution in [3.63, 3.8) is 0 Å². The number of benzene rings is 3. The zero-order valence-corrected chi connectivity index (χ0v) is 27.7. The molecule has 1 heterocycles. The van der Waals surface area contributed by atoms with Crippen LogP contribution >= 0.6 is 11.6 Å². The number of nitrogens with zero attached hydrogens (tertiary/aromatic N) is 1. The molecular formula is C39H41ClN2O4. The monoisotopic (exact) mass is 636 g/mol. The Morgan fingerprint density at radius 1 is 0.804 bits per heavy atom. The quantitative estimate of drug-likeness (QED) is 0.269. The van der Waals surface area contributed by atoms with Crippen LogP contribution < -0.4 is 10.1 Å². The molecule has 6 nitrogen and oxygen atoms in total. The van der Waals surface area contributed by atoms with Crippen LogP contribution in [0.25, 0.3) is 0 Å². The number of nitrogens with one attached hydrogen (secondary N) is 1. The lowest BCUT2D eigenvalue weighted by atomic mass is 9.63. The zero-order chi connectivity index (χ0) is 32.6. The van der Waals surface area contributed by atoms with Crippen molar-refractivity contribution in [3.8, 4) is 5.75 Å². The van der Waals surface area contributed by atoms with Gasteiger partial charge in [0.05, 0.1) is 10.7 Å². The number of hydrogen-bond donors (Lipinski definition) is 1. The molecule has 3 aromatic rings. The molecule has 2 aliphatic carbocycles. The molecule has 238 valence electrons. The van der Waals surface area contributed by atoms with Crippen LogP contribution in [0.5, 0.6) is 5.75 Å². The van der Waals surface area contributed by atoms with E-state index in [1.165, 1.54) is 5.56 Å². The second-order valence-corrected chi connectivity index (χ2v) is 14.7. The van der Waals surface area contributed by atoms with Crippen LogP contribution in [0.15, 0.2) is 101 Å². The maximum atomic E-state index is 14.1. The second-order valence-electron chi connectivity index (χ2n) is 14.3. The van der Waals surface area contributed by atoms with E-state index in [1.54, 1.807) is 24.3 Å². The van der Waals surface area contributed by atoms with Crippen LogP contribution in [0.2, 0.25) is 5.02 Å². The normalized spacial score (nSPS) is 19.1. The number of para-hydroxylation sites is 1. The average Bonchev–Trinajstić information content (AvgIpc) is 2.99. The molecule has 7 heteroatoms. The Balaban J connectivity index is 1.33. The highest BCUT2D eigenvalue weighted by atomic mass is 35.5. The number of hydrogen-bond acceptors (Lipinski definition) is 5. The van der Waals surface area contributed by atoms with Gasteiger partial charge < -0.3 is 15.0 Å². The number of carbonyl (C=O) groups excluding carboxylic acids is 3. The minimum Gasteiger partial charge on any atom is -0.484 e. The minimum absolute atomic E-state index is 0.113. The van der Waals surface area contributed by atoms with Crippen molar-refractivity contribution in [1.29, 1.82) is 0 Å². The van der Waals surface area contributed by atoms with Gasteiger partial charge in [0.2, 0.25) is 0 Å². The molecule has 3 aromatic carbocycles. The zero-order valence-electron chi connectivity index (χ0n) is 27.0. The molecule has 0 bridgehead atoms. The third-order valence-electron chi connectivity index (χ3n) is 9.22. The molecule has 1 N–H and O–H groups in total. The van der Waals surface area contributed by atoms with Crippen molar-refractivity contribution >= 4 is 34.8 Å². The lowest BCUT2D eigenvalue weighted by Gasteiger charge is -2.49. The van der Waals surface area contributed by atoms with Crippen LogP contribution in [0, 0.1) is 10.8 Å². The van der Waals surface area contributed by atoms with Gasteiger partial charge in [-0.25, -0.2) is 0 Å². The molecule has 0 saturated heterocycles. The molecule has 3 aliphatic rings. The van der Waals surface area contributed by atoms with Crippen LogP contribution in [-0.2, 0) is 20.8 Å². The van der Waals surface area contributed by atoms with Gasteiger partial charge in [0.15, 0.2) is 18.2 Å². The summed E-state index contributed by atoms with van der Waals surface area (Å²) in [5.41, 5.74) is 5.91. The molecule has 0 aromatic heterocycles. The predicted molar refractivity (Wildman–Crippen MR) is 182 cm³/mol. The largest absolute Gasteiger partial charge is 0.484 e. The number of carbonyl (C=O) groups is 3. The number of rotatable bonds is 8. The number of Topliss-reactive ketones (excluding diaryl/α,β-unsaturated/α-hetero) is 2. The minimum atomic E-state index is -0.428. The first-order chi connectivity index (χ1) is 21.9. The summed E-state index contributed by atoms with van der Waals surface area (Å²) >= 11 is 6.17. The van der Waals surface area contributed by atoms with E-state index in [0.29, 0.717) is 35.8 Å². The van der Waals surface area contributed by atoms with Gasteiger partial charge in [-0.05, 0) is 65.5 Å². The fourth-order valence-corrected chi connectivity index (χ4v) is 7.37. The summed E-state index contributed by atoms with van der Waals surface area (Å²) in [4.78, 5) is 43.0. The molecule has 6 rings (SSSR count). The lowest BCUT2D eigenvalue weighted by Crippen LogP contribution is -2.45. The predicted octanol–water partition coefficient (Wildman–Crippen LogP) is 8.29. The van der Waals surface area contributed by atoms with Crippen molar-refractivity contribution in [2.24, 2.45) is 10.8 Å². The molecule has 0 fully saturated rings. The van der Waals surface area contributed by atoms with Gasteiger partial charge in [-0.1, -0.05) is 93.9 Å². The maximum absolute atomic E-state index is 14.1. The van der Waals surface area contributed by atoms with E-state index in [1.807, 2.05) is 30.3 Å². The Labute approximate surface area is 276 Å². The number of ketones is 2. The number of ether oxygens (including phenoxy) is 1. The Kier molecular flexibility index (Phi) is 8.68.